The van der Waals surface area contributed by atoms with Gasteiger partial charge >= 0.3 is 5.97 Å². The molecule has 1 aromatic carbocycles. The summed E-state index contributed by atoms with van der Waals surface area (Å²) in [5.41, 5.74) is 4.00. The Morgan fingerprint density at radius 1 is 1.29 bits per heavy atom. The minimum absolute atomic E-state index is 0.0123. The first kappa shape index (κ1) is 20.6. The molecule has 3 rings (SSSR count). The molecule has 28 heavy (non-hydrogen) atoms. The maximum Gasteiger partial charge on any atom is 0.303 e. The van der Waals surface area contributed by atoms with Crippen LogP contribution in [0.1, 0.15) is 29.8 Å². The zero-order valence-corrected chi connectivity index (χ0v) is 17.8. The Labute approximate surface area is 178 Å². The third kappa shape index (κ3) is 4.32. The molecule has 1 aliphatic heterocycles. The summed E-state index contributed by atoms with van der Waals surface area (Å²) in [6, 6.07) is 9.62. The molecular weight excluding hydrogens is 416 g/mol. The number of nitrogens with zero attached hydrogens (tertiary/aromatic N) is 2. The molecule has 1 saturated heterocycles. The lowest BCUT2D eigenvalue weighted by molar-refractivity contribution is -0.137. The van der Waals surface area contributed by atoms with Crippen LogP contribution < -0.4 is 0 Å². The Morgan fingerprint density at radius 3 is 2.61 bits per heavy atom. The molecule has 0 atom stereocenters. The van der Waals surface area contributed by atoms with Gasteiger partial charge in [-0.1, -0.05) is 35.6 Å². The molecular formula is C20H19ClN2O3S2. The lowest BCUT2D eigenvalue weighted by Gasteiger charge is -2.13. The van der Waals surface area contributed by atoms with Crippen molar-refractivity contribution >= 4 is 57.9 Å². The van der Waals surface area contributed by atoms with Gasteiger partial charge in [-0.05, 0) is 62.2 Å². The summed E-state index contributed by atoms with van der Waals surface area (Å²) in [5, 5.41) is 9.45. The van der Waals surface area contributed by atoms with Gasteiger partial charge in [-0.2, -0.15) is 0 Å². The van der Waals surface area contributed by atoms with Gasteiger partial charge in [0.1, 0.15) is 4.32 Å². The number of halogens is 1. The fraction of sp³-hybridized carbons (Fsp3) is 0.250. The first-order chi connectivity index (χ1) is 13.3. The van der Waals surface area contributed by atoms with Crippen LogP contribution in [-0.4, -0.2) is 37.3 Å². The van der Waals surface area contributed by atoms with Crippen LogP contribution in [0.2, 0.25) is 5.02 Å². The second-order valence-corrected chi connectivity index (χ2v) is 8.58. The number of aromatic nitrogens is 1. The van der Waals surface area contributed by atoms with E-state index in [1.807, 2.05) is 50.3 Å². The van der Waals surface area contributed by atoms with Crippen molar-refractivity contribution in [2.75, 3.05) is 6.54 Å². The van der Waals surface area contributed by atoms with Crippen molar-refractivity contribution in [1.82, 2.24) is 9.47 Å². The predicted octanol–water partition coefficient (Wildman–Crippen LogP) is 4.81. The predicted molar refractivity (Wildman–Crippen MR) is 117 cm³/mol. The molecule has 1 aliphatic rings. The lowest BCUT2D eigenvalue weighted by Crippen LogP contribution is -2.29. The van der Waals surface area contributed by atoms with Gasteiger partial charge in [0.05, 0.1) is 4.91 Å². The molecule has 0 bridgehead atoms. The lowest BCUT2D eigenvalue weighted by atomic mass is 10.2. The number of carbonyl (C=O) groups is 2. The fourth-order valence-electron chi connectivity index (χ4n) is 3.14. The molecule has 146 valence electrons. The van der Waals surface area contributed by atoms with Crippen LogP contribution in [0.25, 0.3) is 11.8 Å². The third-order valence-corrected chi connectivity index (χ3v) is 6.12. The number of aliphatic carboxylic acids is 1. The number of carboxylic acids is 1. The molecule has 8 heteroatoms. The summed E-state index contributed by atoms with van der Waals surface area (Å²) in [7, 11) is 0. The standard InChI is InChI=1S/C20H19ClN2O3S2/c1-12-10-14(13(2)23(12)16-7-5-15(21)6-8-16)11-17-19(26)22(20(27)28-17)9-3-4-18(24)25/h5-8,10-11H,3-4,9H2,1-2H3,(H,24,25)/b17-11-. The van der Waals surface area contributed by atoms with E-state index in [1.165, 1.54) is 16.7 Å². The minimum atomic E-state index is -0.879. The van der Waals surface area contributed by atoms with E-state index in [1.54, 1.807) is 0 Å². The average Bonchev–Trinajstić information content (AvgIpc) is 3.06. The van der Waals surface area contributed by atoms with Gasteiger partial charge in [-0.15, -0.1) is 0 Å². The molecule has 0 spiro atoms. The highest BCUT2D eigenvalue weighted by atomic mass is 35.5. The summed E-state index contributed by atoms with van der Waals surface area (Å²) in [6.45, 7) is 4.33. The maximum absolute atomic E-state index is 12.7. The minimum Gasteiger partial charge on any atom is -0.481 e. The Kier molecular flexibility index (Phi) is 6.27. The van der Waals surface area contributed by atoms with Crippen molar-refractivity contribution in [3.63, 3.8) is 0 Å². The van der Waals surface area contributed by atoms with E-state index in [0.717, 1.165) is 22.6 Å². The molecule has 1 amide bonds. The van der Waals surface area contributed by atoms with Gasteiger partial charge < -0.3 is 9.67 Å². The van der Waals surface area contributed by atoms with Gasteiger partial charge in [0.15, 0.2) is 0 Å². The van der Waals surface area contributed by atoms with Crippen molar-refractivity contribution in [2.24, 2.45) is 0 Å². The number of carbonyl (C=O) groups excluding carboxylic acids is 1. The summed E-state index contributed by atoms with van der Waals surface area (Å²) in [5.74, 6) is -1.05. The molecule has 1 N–H and O–H groups in total. The Hall–Kier alpha value is -2.09. The smallest absolute Gasteiger partial charge is 0.303 e. The molecule has 0 aliphatic carbocycles. The average molecular weight is 435 g/mol. The van der Waals surface area contributed by atoms with Crippen LogP contribution in [0.3, 0.4) is 0 Å². The van der Waals surface area contributed by atoms with Crippen molar-refractivity contribution in [2.45, 2.75) is 26.7 Å². The summed E-state index contributed by atoms with van der Waals surface area (Å²) < 4.78 is 2.57. The van der Waals surface area contributed by atoms with Crippen LogP contribution in [0.15, 0.2) is 35.2 Å². The van der Waals surface area contributed by atoms with Gasteiger partial charge in [-0.25, -0.2) is 0 Å². The van der Waals surface area contributed by atoms with Gasteiger partial charge in [0.25, 0.3) is 5.91 Å². The van der Waals surface area contributed by atoms with Crippen LogP contribution in [0.5, 0.6) is 0 Å². The first-order valence-electron chi connectivity index (χ1n) is 8.70. The zero-order valence-electron chi connectivity index (χ0n) is 15.4. The molecule has 2 aromatic rings. The number of carboxylic acid groups (broad SMARTS) is 1. The molecule has 5 nitrogen and oxygen atoms in total. The highest BCUT2D eigenvalue weighted by Gasteiger charge is 2.32. The normalized spacial score (nSPS) is 15.7. The summed E-state index contributed by atoms with van der Waals surface area (Å²) in [4.78, 5) is 25.4. The van der Waals surface area contributed by atoms with E-state index >= 15 is 0 Å². The van der Waals surface area contributed by atoms with Gasteiger partial charge in [0.2, 0.25) is 0 Å². The highest BCUT2D eigenvalue weighted by Crippen LogP contribution is 2.34. The zero-order chi connectivity index (χ0) is 20.4. The van der Waals surface area contributed by atoms with E-state index in [4.69, 9.17) is 28.9 Å². The van der Waals surface area contributed by atoms with Crippen LogP contribution in [0.4, 0.5) is 0 Å². The largest absolute Gasteiger partial charge is 0.481 e. The molecule has 0 saturated carbocycles. The number of rotatable bonds is 6. The fourth-order valence-corrected chi connectivity index (χ4v) is 4.57. The van der Waals surface area contributed by atoms with Crippen LogP contribution in [-0.2, 0) is 9.59 Å². The van der Waals surface area contributed by atoms with Gasteiger partial charge in [0, 0.05) is 35.1 Å². The number of hydrogen-bond acceptors (Lipinski definition) is 4. The van der Waals surface area contributed by atoms with Crippen LogP contribution >= 0.6 is 35.6 Å². The van der Waals surface area contributed by atoms with E-state index in [9.17, 15) is 9.59 Å². The van der Waals surface area contributed by atoms with Crippen molar-refractivity contribution in [3.05, 3.63) is 57.2 Å². The van der Waals surface area contributed by atoms with E-state index < -0.39 is 5.97 Å². The molecule has 0 radical (unpaired) electrons. The number of hydrogen-bond donors (Lipinski definition) is 1. The quantitative estimate of drug-likeness (QED) is 0.522. The van der Waals surface area contributed by atoms with Gasteiger partial charge in [-0.3, -0.25) is 14.5 Å². The second-order valence-electron chi connectivity index (χ2n) is 6.47. The monoisotopic (exact) mass is 434 g/mol. The SMILES string of the molecule is Cc1cc(/C=C2\SC(=S)N(CCCC(=O)O)C2=O)c(C)n1-c1ccc(Cl)cc1. The highest BCUT2D eigenvalue weighted by molar-refractivity contribution is 8.26. The number of thioether (sulfide) groups is 1. The Balaban J connectivity index is 1.85. The number of benzene rings is 1. The molecule has 1 aromatic heterocycles. The Bertz CT molecular complexity index is 980. The number of amides is 1. The van der Waals surface area contributed by atoms with Crippen molar-refractivity contribution < 1.29 is 14.7 Å². The Morgan fingerprint density at radius 2 is 1.96 bits per heavy atom. The van der Waals surface area contributed by atoms with Crippen LogP contribution in [0, 0.1) is 13.8 Å². The van der Waals surface area contributed by atoms with E-state index in [-0.39, 0.29) is 12.3 Å². The van der Waals surface area contributed by atoms with E-state index in [0.29, 0.717) is 27.2 Å². The summed E-state index contributed by atoms with van der Waals surface area (Å²) >= 11 is 12.5. The van der Waals surface area contributed by atoms with E-state index in [2.05, 4.69) is 4.57 Å². The first-order valence-corrected chi connectivity index (χ1v) is 10.3. The van der Waals surface area contributed by atoms with Crippen molar-refractivity contribution in [3.8, 4) is 5.69 Å². The topological polar surface area (TPSA) is 62.5 Å². The maximum atomic E-state index is 12.7. The number of thiocarbonyl (C=S) groups is 1. The number of aryl methyl sites for hydroxylation is 1. The van der Waals surface area contributed by atoms with Crippen molar-refractivity contribution in [1.29, 1.82) is 0 Å². The molecule has 0 unspecified atom stereocenters. The second kappa shape index (κ2) is 8.51. The molecule has 2 heterocycles. The third-order valence-electron chi connectivity index (χ3n) is 4.49. The summed E-state index contributed by atoms with van der Waals surface area (Å²) in [6.07, 6.45) is 2.24. The molecule has 1 fully saturated rings.